The number of carboxylic acid groups (broad SMARTS) is 1. The maximum Gasteiger partial charge on any atom is 0.328 e. The molecular formula is C11H12BrClN2O4. The first kappa shape index (κ1) is 15.7. The number of carbonyl (C=O) groups is 2. The van der Waals surface area contributed by atoms with Gasteiger partial charge in [0.25, 0.3) is 0 Å². The number of halogens is 2. The van der Waals surface area contributed by atoms with E-state index in [0.29, 0.717) is 15.2 Å². The van der Waals surface area contributed by atoms with Crippen LogP contribution in [0.5, 0.6) is 0 Å². The van der Waals surface area contributed by atoms with Crippen LogP contribution in [0.25, 0.3) is 0 Å². The van der Waals surface area contributed by atoms with Crippen LogP contribution >= 0.6 is 27.5 Å². The molecular weight excluding hydrogens is 339 g/mol. The number of carbonyl (C=O) groups excluding carboxylic acids is 1. The Balaban J connectivity index is 2.69. The normalized spacial score (nSPS) is 13.5. The van der Waals surface area contributed by atoms with Crippen LogP contribution in [-0.4, -0.2) is 34.4 Å². The Morgan fingerprint density at radius 3 is 2.53 bits per heavy atom. The van der Waals surface area contributed by atoms with Gasteiger partial charge in [-0.2, -0.15) is 0 Å². The Hall–Kier alpha value is -1.31. The lowest BCUT2D eigenvalue weighted by Gasteiger charge is -2.17. The number of hydrogen-bond acceptors (Lipinski definition) is 3. The Morgan fingerprint density at radius 1 is 1.42 bits per heavy atom. The van der Waals surface area contributed by atoms with Crippen molar-refractivity contribution in [2.24, 2.45) is 0 Å². The molecule has 0 saturated carbocycles. The highest BCUT2D eigenvalue weighted by atomic mass is 79.9. The topological polar surface area (TPSA) is 98.7 Å². The minimum atomic E-state index is -1.38. The van der Waals surface area contributed by atoms with Crippen LogP contribution in [0.1, 0.15) is 6.92 Å². The fourth-order valence-corrected chi connectivity index (χ4v) is 1.70. The molecule has 8 heteroatoms. The number of hydrogen-bond donors (Lipinski definition) is 4. The molecule has 0 aliphatic rings. The van der Waals surface area contributed by atoms with E-state index in [1.165, 1.54) is 13.0 Å². The van der Waals surface area contributed by atoms with Crippen molar-refractivity contribution in [1.82, 2.24) is 5.32 Å². The number of benzene rings is 1. The molecule has 19 heavy (non-hydrogen) atoms. The summed E-state index contributed by atoms with van der Waals surface area (Å²) in [4.78, 5) is 22.4. The summed E-state index contributed by atoms with van der Waals surface area (Å²) in [7, 11) is 0. The highest BCUT2D eigenvalue weighted by molar-refractivity contribution is 9.10. The van der Waals surface area contributed by atoms with E-state index in [9.17, 15) is 14.7 Å². The third-order valence-electron chi connectivity index (χ3n) is 2.21. The summed E-state index contributed by atoms with van der Waals surface area (Å²) in [5.74, 6) is -1.32. The summed E-state index contributed by atoms with van der Waals surface area (Å²) in [5.41, 5.74) is 0.403. The average Bonchev–Trinajstić information content (AvgIpc) is 2.30. The quantitative estimate of drug-likeness (QED) is 0.667. The second kappa shape index (κ2) is 6.74. The van der Waals surface area contributed by atoms with E-state index in [2.05, 4.69) is 26.6 Å². The van der Waals surface area contributed by atoms with Crippen molar-refractivity contribution in [1.29, 1.82) is 0 Å². The van der Waals surface area contributed by atoms with E-state index in [1.807, 2.05) is 0 Å². The van der Waals surface area contributed by atoms with Gasteiger partial charge in [-0.25, -0.2) is 9.59 Å². The molecule has 2 atom stereocenters. The number of urea groups is 1. The van der Waals surface area contributed by atoms with E-state index >= 15 is 0 Å². The third-order valence-corrected chi connectivity index (χ3v) is 3.45. The molecule has 6 nitrogen and oxygen atoms in total. The van der Waals surface area contributed by atoms with E-state index in [-0.39, 0.29) is 0 Å². The van der Waals surface area contributed by atoms with Crippen LogP contribution < -0.4 is 10.6 Å². The molecule has 1 rings (SSSR count). The molecule has 0 aliphatic heterocycles. The summed E-state index contributed by atoms with van der Waals surface area (Å²) in [6, 6.07) is 2.61. The minimum absolute atomic E-state index is 0.403. The number of rotatable bonds is 4. The third kappa shape index (κ3) is 4.70. The van der Waals surface area contributed by atoms with E-state index in [4.69, 9.17) is 16.7 Å². The molecule has 0 aromatic heterocycles. The highest BCUT2D eigenvalue weighted by Gasteiger charge is 2.24. The summed E-state index contributed by atoms with van der Waals surface area (Å²) >= 11 is 9.05. The lowest BCUT2D eigenvalue weighted by atomic mass is 10.2. The van der Waals surface area contributed by atoms with Crippen LogP contribution in [0.15, 0.2) is 22.7 Å². The van der Waals surface area contributed by atoms with Crippen molar-refractivity contribution >= 4 is 45.2 Å². The second-order valence-corrected chi connectivity index (χ2v) is 5.05. The molecule has 0 fully saturated rings. The Kier molecular flexibility index (Phi) is 5.59. The summed E-state index contributed by atoms with van der Waals surface area (Å²) in [6.07, 6.45) is -1.21. The van der Waals surface area contributed by atoms with Crippen molar-refractivity contribution in [2.75, 3.05) is 5.32 Å². The summed E-state index contributed by atoms with van der Waals surface area (Å²) in [6.45, 7) is 1.27. The smallest absolute Gasteiger partial charge is 0.328 e. The standard InChI is InChI=1S/C11H12BrClN2O4/c1-5(16)9(10(17)18)15-11(19)14-6-2-3-7(12)8(13)4-6/h2-5,9,16H,1H3,(H,17,18)(H2,14,15,19). The van der Waals surface area contributed by atoms with Gasteiger partial charge in [-0.1, -0.05) is 11.6 Å². The average molecular weight is 352 g/mol. The molecule has 0 bridgehead atoms. The van der Waals surface area contributed by atoms with Gasteiger partial charge >= 0.3 is 12.0 Å². The first-order chi connectivity index (χ1) is 8.81. The maximum absolute atomic E-state index is 11.6. The first-order valence-corrected chi connectivity index (χ1v) is 6.42. The highest BCUT2D eigenvalue weighted by Crippen LogP contribution is 2.25. The van der Waals surface area contributed by atoms with Crippen LogP contribution in [0.4, 0.5) is 10.5 Å². The zero-order valence-electron chi connectivity index (χ0n) is 9.85. The Bertz CT molecular complexity index is 496. The molecule has 2 unspecified atom stereocenters. The van der Waals surface area contributed by atoms with Crippen molar-refractivity contribution in [3.63, 3.8) is 0 Å². The number of aliphatic hydroxyl groups is 1. The minimum Gasteiger partial charge on any atom is -0.480 e. The summed E-state index contributed by atoms with van der Waals surface area (Å²) in [5, 5.41) is 23.0. The monoisotopic (exact) mass is 350 g/mol. The van der Waals surface area contributed by atoms with Gasteiger partial charge in [-0.15, -0.1) is 0 Å². The van der Waals surface area contributed by atoms with Gasteiger partial charge < -0.3 is 20.8 Å². The Morgan fingerprint density at radius 2 is 2.05 bits per heavy atom. The van der Waals surface area contributed by atoms with E-state index in [1.54, 1.807) is 12.1 Å². The predicted molar refractivity (Wildman–Crippen MR) is 74.4 cm³/mol. The van der Waals surface area contributed by atoms with E-state index in [0.717, 1.165) is 0 Å². The second-order valence-electron chi connectivity index (χ2n) is 3.78. The molecule has 2 amide bonds. The molecule has 1 aromatic rings. The number of aliphatic carboxylic acids is 1. The van der Waals surface area contributed by atoms with Crippen LogP contribution in [0.3, 0.4) is 0 Å². The number of carboxylic acids is 1. The van der Waals surface area contributed by atoms with Crippen LogP contribution in [0.2, 0.25) is 5.02 Å². The molecule has 4 N–H and O–H groups in total. The fraction of sp³-hybridized carbons (Fsp3) is 0.273. The van der Waals surface area contributed by atoms with Gasteiger partial charge in [-0.05, 0) is 41.1 Å². The SMILES string of the molecule is CC(O)C(NC(=O)Nc1ccc(Br)c(Cl)c1)C(=O)O. The number of amides is 2. The van der Waals surface area contributed by atoms with Gasteiger partial charge in [0.2, 0.25) is 0 Å². The van der Waals surface area contributed by atoms with Crippen molar-refractivity contribution in [3.05, 3.63) is 27.7 Å². The molecule has 0 aliphatic carbocycles. The van der Waals surface area contributed by atoms with Gasteiger partial charge in [0.1, 0.15) is 0 Å². The Labute approximate surface area is 122 Å². The van der Waals surface area contributed by atoms with Crippen molar-refractivity contribution < 1.29 is 19.8 Å². The maximum atomic E-state index is 11.6. The fourth-order valence-electron chi connectivity index (χ4n) is 1.27. The molecule has 0 heterocycles. The van der Waals surface area contributed by atoms with Crippen LogP contribution in [-0.2, 0) is 4.79 Å². The zero-order chi connectivity index (χ0) is 14.6. The van der Waals surface area contributed by atoms with E-state index < -0.39 is 24.1 Å². The largest absolute Gasteiger partial charge is 0.480 e. The number of anilines is 1. The van der Waals surface area contributed by atoms with Gasteiger partial charge in [0.15, 0.2) is 6.04 Å². The number of aliphatic hydroxyl groups excluding tert-OH is 1. The van der Waals surface area contributed by atoms with Gasteiger partial charge in [0.05, 0.1) is 11.1 Å². The first-order valence-electron chi connectivity index (χ1n) is 5.24. The van der Waals surface area contributed by atoms with Crippen LogP contribution in [0, 0.1) is 0 Å². The molecule has 0 spiro atoms. The molecule has 1 aromatic carbocycles. The lowest BCUT2D eigenvalue weighted by molar-refractivity contribution is -0.141. The number of nitrogens with one attached hydrogen (secondary N) is 2. The summed E-state index contributed by atoms with van der Waals surface area (Å²) < 4.78 is 0.674. The molecule has 0 saturated heterocycles. The predicted octanol–water partition coefficient (Wildman–Crippen LogP) is 2.06. The molecule has 104 valence electrons. The zero-order valence-corrected chi connectivity index (χ0v) is 12.2. The molecule has 0 radical (unpaired) electrons. The van der Waals surface area contributed by atoms with Gasteiger partial charge in [0, 0.05) is 10.2 Å². The lowest BCUT2D eigenvalue weighted by Crippen LogP contribution is -2.49. The van der Waals surface area contributed by atoms with Gasteiger partial charge in [-0.3, -0.25) is 0 Å². The van der Waals surface area contributed by atoms with Crippen molar-refractivity contribution in [2.45, 2.75) is 19.1 Å². The van der Waals surface area contributed by atoms with Crippen molar-refractivity contribution in [3.8, 4) is 0 Å².